The number of nitrogens with zero attached hydrogens (tertiary/aromatic N) is 1. The number of fused-ring (bicyclic) bond motifs is 3. The quantitative estimate of drug-likeness (QED) is 0.340. The van der Waals surface area contributed by atoms with Gasteiger partial charge in [-0.2, -0.15) is 0 Å². The van der Waals surface area contributed by atoms with Crippen LogP contribution >= 0.6 is 0 Å². The van der Waals surface area contributed by atoms with Crippen molar-refractivity contribution in [2.75, 3.05) is 13.2 Å². The Labute approximate surface area is 197 Å². The van der Waals surface area contributed by atoms with Crippen molar-refractivity contribution in [3.63, 3.8) is 0 Å². The van der Waals surface area contributed by atoms with E-state index in [0.29, 0.717) is 5.56 Å². The number of aryl methyl sites for hydroxylation is 1. The molecule has 3 N–H and O–H groups in total. The zero-order chi connectivity index (χ0) is 24.2. The van der Waals surface area contributed by atoms with E-state index in [2.05, 4.69) is 17.4 Å². The highest BCUT2D eigenvalue weighted by Gasteiger charge is 2.29. The van der Waals surface area contributed by atoms with Crippen LogP contribution in [0.25, 0.3) is 11.1 Å². The van der Waals surface area contributed by atoms with Crippen molar-refractivity contribution in [1.82, 2.24) is 5.32 Å². The molecule has 0 spiro atoms. The van der Waals surface area contributed by atoms with Crippen molar-refractivity contribution < 1.29 is 24.7 Å². The lowest BCUT2D eigenvalue weighted by Gasteiger charge is -2.19. The van der Waals surface area contributed by atoms with Gasteiger partial charge in [0.2, 0.25) is 0 Å². The van der Waals surface area contributed by atoms with Gasteiger partial charge in [0, 0.05) is 18.5 Å². The van der Waals surface area contributed by atoms with Crippen molar-refractivity contribution in [2.24, 2.45) is 0 Å². The number of aliphatic hydroxyl groups is 2. The largest absolute Gasteiger partial charge is 0.449 e. The van der Waals surface area contributed by atoms with Gasteiger partial charge in [-0.3, -0.25) is 10.1 Å². The molecule has 8 heteroatoms. The lowest BCUT2D eigenvalue weighted by Crippen LogP contribution is -2.30. The van der Waals surface area contributed by atoms with Crippen LogP contribution in [0, 0.1) is 17.0 Å². The number of aliphatic hydroxyl groups excluding tert-OH is 2. The molecule has 3 aromatic carbocycles. The van der Waals surface area contributed by atoms with Crippen molar-refractivity contribution in [1.29, 1.82) is 0 Å². The summed E-state index contributed by atoms with van der Waals surface area (Å²) in [6.07, 6.45) is -3.39. The number of alkyl carbamates (subject to hydrolysis) is 1. The first kappa shape index (κ1) is 23.4. The van der Waals surface area contributed by atoms with Gasteiger partial charge in [-0.05, 0) is 47.2 Å². The summed E-state index contributed by atoms with van der Waals surface area (Å²) in [6.45, 7) is 1.91. The van der Waals surface area contributed by atoms with Gasteiger partial charge in [0.1, 0.15) is 12.7 Å². The summed E-state index contributed by atoms with van der Waals surface area (Å²) in [6, 6.07) is 20.5. The lowest BCUT2D eigenvalue weighted by molar-refractivity contribution is -0.386. The first-order valence-electron chi connectivity index (χ1n) is 11.1. The number of nitro benzene ring substituents is 1. The lowest BCUT2D eigenvalue weighted by atomic mass is 9.98. The number of carbonyl (C=O) groups is 1. The molecule has 2 atom stereocenters. The first-order chi connectivity index (χ1) is 16.4. The second-order valence-electron chi connectivity index (χ2n) is 8.37. The molecule has 1 aliphatic rings. The Morgan fingerprint density at radius 1 is 1.06 bits per heavy atom. The van der Waals surface area contributed by atoms with E-state index in [-0.39, 0.29) is 36.7 Å². The zero-order valence-electron chi connectivity index (χ0n) is 18.7. The van der Waals surface area contributed by atoms with Gasteiger partial charge in [-0.1, -0.05) is 54.6 Å². The fourth-order valence-electron chi connectivity index (χ4n) is 4.40. The smallest absolute Gasteiger partial charge is 0.407 e. The Bertz CT molecular complexity index is 1170. The molecule has 0 heterocycles. The van der Waals surface area contributed by atoms with Crippen LogP contribution in [0.4, 0.5) is 10.5 Å². The molecular weight excluding hydrogens is 436 g/mol. The average molecular weight is 463 g/mol. The highest BCUT2D eigenvalue weighted by molar-refractivity contribution is 5.79. The topological polar surface area (TPSA) is 122 Å². The monoisotopic (exact) mass is 462 g/mol. The number of hydrogen-bond acceptors (Lipinski definition) is 6. The normalized spacial score (nSPS) is 14.1. The van der Waals surface area contributed by atoms with E-state index in [4.69, 9.17) is 4.74 Å². The van der Waals surface area contributed by atoms with Crippen LogP contribution in [0.2, 0.25) is 0 Å². The molecule has 0 aromatic heterocycles. The SMILES string of the molecule is Cc1ccc(C(O)C(O)CCNC(=O)OCC2c3ccccc3-c3ccccc32)c([N+](=O)[O-])c1. The van der Waals surface area contributed by atoms with Crippen LogP contribution in [0.5, 0.6) is 0 Å². The van der Waals surface area contributed by atoms with Gasteiger partial charge in [0.25, 0.3) is 5.69 Å². The van der Waals surface area contributed by atoms with Crippen LogP contribution in [-0.2, 0) is 4.74 Å². The van der Waals surface area contributed by atoms with E-state index in [1.54, 1.807) is 13.0 Å². The molecular formula is C26H26N2O6. The summed E-state index contributed by atoms with van der Waals surface area (Å²) in [5.41, 5.74) is 4.93. The van der Waals surface area contributed by atoms with Gasteiger partial charge >= 0.3 is 6.09 Å². The molecule has 3 aromatic rings. The number of carbonyl (C=O) groups excluding carboxylic acids is 1. The third kappa shape index (κ3) is 4.78. The zero-order valence-corrected chi connectivity index (χ0v) is 18.7. The first-order valence-corrected chi connectivity index (χ1v) is 11.1. The highest BCUT2D eigenvalue weighted by Crippen LogP contribution is 2.44. The molecule has 0 saturated heterocycles. The molecule has 8 nitrogen and oxygen atoms in total. The van der Waals surface area contributed by atoms with E-state index < -0.39 is 23.2 Å². The van der Waals surface area contributed by atoms with Crippen LogP contribution in [0.3, 0.4) is 0 Å². The summed E-state index contributed by atoms with van der Waals surface area (Å²) < 4.78 is 5.45. The van der Waals surface area contributed by atoms with Gasteiger partial charge in [0.05, 0.1) is 16.6 Å². The number of hydrogen-bond donors (Lipinski definition) is 3. The number of ether oxygens (including phenoxy) is 1. The summed E-state index contributed by atoms with van der Waals surface area (Å²) in [7, 11) is 0. The Hall–Kier alpha value is -3.75. The second-order valence-corrected chi connectivity index (χ2v) is 8.37. The molecule has 0 aliphatic heterocycles. The minimum Gasteiger partial charge on any atom is -0.449 e. The van der Waals surface area contributed by atoms with Crippen molar-refractivity contribution in [2.45, 2.75) is 31.5 Å². The summed E-state index contributed by atoms with van der Waals surface area (Å²) in [5, 5.41) is 34.6. The number of nitrogens with one attached hydrogen (secondary N) is 1. The molecule has 4 rings (SSSR count). The number of rotatable bonds is 8. The standard InChI is InChI=1S/C26H26N2O6/c1-16-10-11-21(23(14-16)28(32)33)25(30)24(29)12-13-27-26(31)34-15-22-19-8-4-2-6-17(19)18-7-3-5-9-20(18)22/h2-11,14,22,24-25,29-30H,12-13,15H2,1H3,(H,27,31). The number of benzene rings is 3. The molecule has 0 bridgehead atoms. The second kappa shape index (κ2) is 10.0. The van der Waals surface area contributed by atoms with Gasteiger partial charge in [-0.15, -0.1) is 0 Å². The predicted molar refractivity (Wildman–Crippen MR) is 126 cm³/mol. The maximum Gasteiger partial charge on any atom is 0.407 e. The number of nitro groups is 1. The molecule has 34 heavy (non-hydrogen) atoms. The predicted octanol–water partition coefficient (Wildman–Crippen LogP) is 4.23. The van der Waals surface area contributed by atoms with Crippen LogP contribution in [0.15, 0.2) is 66.7 Å². The van der Waals surface area contributed by atoms with Crippen LogP contribution in [-0.4, -0.2) is 40.5 Å². The summed E-state index contributed by atoms with van der Waals surface area (Å²) >= 11 is 0. The molecule has 0 saturated carbocycles. The van der Waals surface area contributed by atoms with Crippen LogP contribution in [0.1, 0.15) is 40.7 Å². The van der Waals surface area contributed by atoms with Gasteiger partial charge in [0.15, 0.2) is 0 Å². The Morgan fingerprint density at radius 3 is 2.29 bits per heavy atom. The third-order valence-electron chi connectivity index (χ3n) is 6.12. The molecule has 176 valence electrons. The van der Waals surface area contributed by atoms with Crippen molar-refractivity contribution in [3.05, 3.63) is 99.1 Å². The Balaban J connectivity index is 1.30. The van der Waals surface area contributed by atoms with E-state index in [0.717, 1.165) is 22.3 Å². The summed E-state index contributed by atoms with van der Waals surface area (Å²) in [5.74, 6) is -0.0624. The van der Waals surface area contributed by atoms with Crippen LogP contribution < -0.4 is 5.32 Å². The highest BCUT2D eigenvalue weighted by atomic mass is 16.6. The molecule has 1 amide bonds. The fourth-order valence-corrected chi connectivity index (χ4v) is 4.40. The molecule has 0 radical (unpaired) electrons. The summed E-state index contributed by atoms with van der Waals surface area (Å²) in [4.78, 5) is 22.9. The van der Waals surface area contributed by atoms with Gasteiger partial charge in [-0.25, -0.2) is 4.79 Å². The Morgan fingerprint density at radius 2 is 1.68 bits per heavy atom. The molecule has 1 aliphatic carbocycles. The van der Waals surface area contributed by atoms with Gasteiger partial charge < -0.3 is 20.3 Å². The maximum absolute atomic E-state index is 12.3. The molecule has 2 unspecified atom stereocenters. The van der Waals surface area contributed by atoms with Crippen molar-refractivity contribution >= 4 is 11.8 Å². The Kier molecular flexibility index (Phi) is 6.90. The molecule has 0 fully saturated rings. The van der Waals surface area contributed by atoms with E-state index >= 15 is 0 Å². The minimum atomic E-state index is -1.45. The fraction of sp³-hybridized carbons (Fsp3) is 0.269. The minimum absolute atomic E-state index is 0.00358. The van der Waals surface area contributed by atoms with E-state index in [9.17, 15) is 25.1 Å². The van der Waals surface area contributed by atoms with E-state index in [1.807, 2.05) is 36.4 Å². The van der Waals surface area contributed by atoms with Crippen molar-refractivity contribution in [3.8, 4) is 11.1 Å². The number of amides is 1. The maximum atomic E-state index is 12.3. The van der Waals surface area contributed by atoms with E-state index in [1.165, 1.54) is 12.1 Å². The third-order valence-corrected chi connectivity index (χ3v) is 6.12. The average Bonchev–Trinajstić information content (AvgIpc) is 3.16.